The molecular formula is C20H33N. The zero-order valence-corrected chi connectivity index (χ0v) is 14.5. The van der Waals surface area contributed by atoms with E-state index in [1.54, 1.807) is 5.56 Å². The Hall–Kier alpha value is -0.820. The van der Waals surface area contributed by atoms with Crippen molar-refractivity contribution in [3.05, 3.63) is 34.9 Å². The molecule has 1 N–H and O–H groups in total. The van der Waals surface area contributed by atoms with E-state index in [-0.39, 0.29) is 0 Å². The van der Waals surface area contributed by atoms with Crippen LogP contribution in [0.25, 0.3) is 0 Å². The van der Waals surface area contributed by atoms with E-state index in [0.717, 1.165) is 19.4 Å². The first-order chi connectivity index (χ1) is 10.1. The smallest absolute Gasteiger partial charge is 0.0377 e. The summed E-state index contributed by atoms with van der Waals surface area (Å²) in [6.07, 6.45) is 9.02. The zero-order valence-electron chi connectivity index (χ0n) is 14.5. The van der Waals surface area contributed by atoms with Crippen molar-refractivity contribution in [2.45, 2.75) is 78.7 Å². The van der Waals surface area contributed by atoms with E-state index in [1.807, 2.05) is 0 Å². The molecule has 1 aromatic carbocycles. The van der Waals surface area contributed by atoms with E-state index in [0.29, 0.717) is 11.5 Å². The quantitative estimate of drug-likeness (QED) is 0.705. The largest absolute Gasteiger partial charge is 0.309 e. The van der Waals surface area contributed by atoms with Crippen molar-refractivity contribution in [2.24, 2.45) is 5.41 Å². The van der Waals surface area contributed by atoms with Crippen LogP contribution >= 0.6 is 0 Å². The predicted octanol–water partition coefficient (Wildman–Crippen LogP) is 5.43. The normalized spacial score (nSPS) is 18.9. The van der Waals surface area contributed by atoms with Crippen molar-refractivity contribution in [1.29, 1.82) is 0 Å². The molecule has 118 valence electrons. The molecular weight excluding hydrogens is 254 g/mol. The molecule has 0 aromatic heterocycles. The molecule has 2 rings (SSSR count). The molecule has 1 saturated carbocycles. The number of hydrogen-bond acceptors (Lipinski definition) is 1. The third-order valence-corrected chi connectivity index (χ3v) is 5.35. The number of aryl methyl sites for hydroxylation is 2. The van der Waals surface area contributed by atoms with Crippen molar-refractivity contribution in [1.82, 2.24) is 5.32 Å². The minimum atomic E-state index is 0.436. The first kappa shape index (κ1) is 16.5. The molecule has 0 saturated heterocycles. The second kappa shape index (κ2) is 7.45. The van der Waals surface area contributed by atoms with Gasteiger partial charge in [-0.15, -0.1) is 0 Å². The van der Waals surface area contributed by atoms with Gasteiger partial charge in [0.25, 0.3) is 0 Å². The fourth-order valence-electron chi connectivity index (χ4n) is 3.95. The summed E-state index contributed by atoms with van der Waals surface area (Å²) in [4.78, 5) is 0. The molecule has 0 heterocycles. The first-order valence-corrected chi connectivity index (χ1v) is 8.99. The summed E-state index contributed by atoms with van der Waals surface area (Å²) >= 11 is 0. The highest BCUT2D eigenvalue weighted by molar-refractivity contribution is 5.36. The average Bonchev–Trinajstić information content (AvgIpc) is 2.95. The Balaban J connectivity index is 2.39. The number of benzene rings is 1. The predicted molar refractivity (Wildman–Crippen MR) is 92.8 cm³/mol. The maximum absolute atomic E-state index is 3.89. The van der Waals surface area contributed by atoms with Crippen molar-refractivity contribution < 1.29 is 0 Å². The lowest BCUT2D eigenvalue weighted by Gasteiger charge is -2.37. The van der Waals surface area contributed by atoms with Crippen molar-refractivity contribution in [3.63, 3.8) is 0 Å². The summed E-state index contributed by atoms with van der Waals surface area (Å²) in [5.41, 5.74) is 5.03. The van der Waals surface area contributed by atoms with Crippen LogP contribution in [0.5, 0.6) is 0 Å². The summed E-state index contributed by atoms with van der Waals surface area (Å²) in [7, 11) is 0. The van der Waals surface area contributed by atoms with Crippen molar-refractivity contribution >= 4 is 0 Å². The SMILES string of the molecule is CCCNC(c1cc(CC)ccc1CC)C1(C)CCCC1. The lowest BCUT2D eigenvalue weighted by molar-refractivity contribution is 0.222. The number of hydrogen-bond donors (Lipinski definition) is 1. The van der Waals surface area contributed by atoms with Crippen LogP contribution in [0.1, 0.15) is 82.5 Å². The molecule has 1 aliphatic carbocycles. The third kappa shape index (κ3) is 3.69. The Labute approximate surface area is 131 Å². The van der Waals surface area contributed by atoms with Gasteiger partial charge in [0.1, 0.15) is 0 Å². The zero-order chi connectivity index (χ0) is 15.3. The molecule has 1 nitrogen and oxygen atoms in total. The maximum atomic E-state index is 3.89. The minimum absolute atomic E-state index is 0.436. The topological polar surface area (TPSA) is 12.0 Å². The van der Waals surface area contributed by atoms with E-state index in [2.05, 4.69) is 51.2 Å². The molecule has 1 atom stereocenters. The van der Waals surface area contributed by atoms with Crippen LogP contribution in [0.4, 0.5) is 0 Å². The molecule has 0 bridgehead atoms. The van der Waals surface area contributed by atoms with E-state index in [1.165, 1.54) is 43.2 Å². The van der Waals surface area contributed by atoms with Gasteiger partial charge in [-0.05, 0) is 60.8 Å². The fraction of sp³-hybridized carbons (Fsp3) is 0.700. The Morgan fingerprint density at radius 1 is 1.10 bits per heavy atom. The van der Waals surface area contributed by atoms with Crippen LogP contribution in [0, 0.1) is 5.41 Å². The molecule has 0 spiro atoms. The summed E-state index contributed by atoms with van der Waals surface area (Å²) in [6, 6.07) is 7.69. The first-order valence-electron chi connectivity index (χ1n) is 8.99. The molecule has 0 radical (unpaired) electrons. The summed E-state index contributed by atoms with van der Waals surface area (Å²) in [6.45, 7) is 10.4. The lowest BCUT2D eigenvalue weighted by Crippen LogP contribution is -2.35. The van der Waals surface area contributed by atoms with Gasteiger partial charge < -0.3 is 5.32 Å². The molecule has 21 heavy (non-hydrogen) atoms. The van der Waals surface area contributed by atoms with Crippen LogP contribution in [0.15, 0.2) is 18.2 Å². The highest BCUT2D eigenvalue weighted by Gasteiger charge is 2.38. The van der Waals surface area contributed by atoms with Gasteiger partial charge in [0, 0.05) is 6.04 Å². The standard InChI is InChI=1S/C20H33N/c1-5-14-21-19(20(4)12-8-9-13-20)18-15-16(6-2)10-11-17(18)7-3/h10-11,15,19,21H,5-9,12-14H2,1-4H3. The Morgan fingerprint density at radius 3 is 2.38 bits per heavy atom. The van der Waals surface area contributed by atoms with Gasteiger partial charge in [0.05, 0.1) is 0 Å². The fourth-order valence-corrected chi connectivity index (χ4v) is 3.95. The Kier molecular flexibility index (Phi) is 5.87. The van der Waals surface area contributed by atoms with Crippen LogP contribution in [0.2, 0.25) is 0 Å². The van der Waals surface area contributed by atoms with E-state index >= 15 is 0 Å². The Morgan fingerprint density at radius 2 is 1.81 bits per heavy atom. The molecule has 1 aromatic rings. The highest BCUT2D eigenvalue weighted by Crippen LogP contribution is 2.48. The molecule has 1 aliphatic rings. The monoisotopic (exact) mass is 287 g/mol. The average molecular weight is 287 g/mol. The van der Waals surface area contributed by atoms with Gasteiger partial charge in [0.15, 0.2) is 0 Å². The van der Waals surface area contributed by atoms with Gasteiger partial charge in [-0.1, -0.05) is 58.7 Å². The number of nitrogens with one attached hydrogen (secondary N) is 1. The van der Waals surface area contributed by atoms with Gasteiger partial charge in [-0.25, -0.2) is 0 Å². The van der Waals surface area contributed by atoms with Crippen LogP contribution in [-0.2, 0) is 12.8 Å². The molecule has 1 unspecified atom stereocenters. The van der Waals surface area contributed by atoms with Gasteiger partial charge in [0.2, 0.25) is 0 Å². The summed E-state index contributed by atoms with van der Waals surface area (Å²) in [5.74, 6) is 0. The van der Waals surface area contributed by atoms with Crippen LogP contribution in [-0.4, -0.2) is 6.54 Å². The van der Waals surface area contributed by atoms with Crippen LogP contribution in [0.3, 0.4) is 0 Å². The van der Waals surface area contributed by atoms with Gasteiger partial charge in [-0.3, -0.25) is 0 Å². The molecule has 1 heteroatoms. The van der Waals surface area contributed by atoms with Gasteiger partial charge in [-0.2, -0.15) is 0 Å². The third-order valence-electron chi connectivity index (χ3n) is 5.35. The molecule has 0 amide bonds. The Bertz CT molecular complexity index is 443. The summed E-state index contributed by atoms with van der Waals surface area (Å²) < 4.78 is 0. The summed E-state index contributed by atoms with van der Waals surface area (Å²) in [5, 5.41) is 3.89. The van der Waals surface area contributed by atoms with E-state index in [4.69, 9.17) is 0 Å². The second-order valence-electron chi connectivity index (χ2n) is 6.99. The van der Waals surface area contributed by atoms with E-state index < -0.39 is 0 Å². The highest BCUT2D eigenvalue weighted by atomic mass is 14.9. The van der Waals surface area contributed by atoms with Crippen LogP contribution < -0.4 is 5.32 Å². The van der Waals surface area contributed by atoms with E-state index in [9.17, 15) is 0 Å². The lowest BCUT2D eigenvalue weighted by atomic mass is 9.75. The molecule has 1 fully saturated rings. The minimum Gasteiger partial charge on any atom is -0.309 e. The number of rotatable bonds is 7. The molecule has 0 aliphatic heterocycles. The van der Waals surface area contributed by atoms with Crippen molar-refractivity contribution in [2.75, 3.05) is 6.54 Å². The maximum Gasteiger partial charge on any atom is 0.0377 e. The van der Waals surface area contributed by atoms with Crippen molar-refractivity contribution in [3.8, 4) is 0 Å². The van der Waals surface area contributed by atoms with Gasteiger partial charge >= 0.3 is 0 Å². The second-order valence-corrected chi connectivity index (χ2v) is 6.99.